The van der Waals surface area contributed by atoms with Crippen molar-refractivity contribution in [3.63, 3.8) is 0 Å². The highest BCUT2D eigenvalue weighted by molar-refractivity contribution is 5.51. The van der Waals surface area contributed by atoms with Gasteiger partial charge < -0.3 is 11.1 Å². The minimum atomic E-state index is 0.505. The zero-order chi connectivity index (χ0) is 9.97. The first-order valence-electron chi connectivity index (χ1n) is 4.89. The van der Waals surface area contributed by atoms with Crippen molar-refractivity contribution in [3.05, 3.63) is 30.0 Å². The highest BCUT2D eigenvalue weighted by Crippen LogP contribution is 2.18. The zero-order valence-corrected chi connectivity index (χ0v) is 8.33. The third-order valence-electron chi connectivity index (χ3n) is 2.51. The van der Waals surface area contributed by atoms with Crippen LogP contribution in [-0.2, 0) is 0 Å². The van der Waals surface area contributed by atoms with E-state index in [4.69, 9.17) is 5.73 Å². The molecule has 2 rings (SSSR count). The Morgan fingerprint density at radius 3 is 2.79 bits per heavy atom. The van der Waals surface area contributed by atoms with Crippen LogP contribution in [0.3, 0.4) is 0 Å². The molecule has 3 heteroatoms. The molecule has 0 radical (unpaired) electrons. The van der Waals surface area contributed by atoms with Gasteiger partial charge >= 0.3 is 0 Å². The standard InChI is InChI=1S/C11H15N3/c1-8-6-11(13-7-10(8)12)14-9-4-2-3-5-9/h2-3,6-7,9H,4-5,12H2,1H3,(H,13,14). The van der Waals surface area contributed by atoms with Crippen LogP contribution < -0.4 is 11.1 Å². The van der Waals surface area contributed by atoms with Crippen LogP contribution >= 0.6 is 0 Å². The molecule has 0 saturated carbocycles. The Morgan fingerprint density at radius 2 is 2.14 bits per heavy atom. The van der Waals surface area contributed by atoms with Gasteiger partial charge in [0, 0.05) is 6.04 Å². The summed E-state index contributed by atoms with van der Waals surface area (Å²) in [6.45, 7) is 2.00. The summed E-state index contributed by atoms with van der Waals surface area (Å²) in [6, 6.07) is 2.50. The Labute approximate surface area is 84.0 Å². The summed E-state index contributed by atoms with van der Waals surface area (Å²) in [7, 11) is 0. The van der Waals surface area contributed by atoms with Gasteiger partial charge in [0.15, 0.2) is 0 Å². The van der Waals surface area contributed by atoms with E-state index in [-0.39, 0.29) is 0 Å². The van der Waals surface area contributed by atoms with Crippen LogP contribution in [-0.4, -0.2) is 11.0 Å². The highest BCUT2D eigenvalue weighted by atomic mass is 15.0. The number of aromatic nitrogens is 1. The van der Waals surface area contributed by atoms with Crippen molar-refractivity contribution >= 4 is 11.5 Å². The molecule has 0 spiro atoms. The fraction of sp³-hybridized carbons (Fsp3) is 0.364. The van der Waals surface area contributed by atoms with Gasteiger partial charge in [0.1, 0.15) is 5.82 Å². The van der Waals surface area contributed by atoms with Crippen LogP contribution in [0.2, 0.25) is 0 Å². The van der Waals surface area contributed by atoms with Gasteiger partial charge in [-0.2, -0.15) is 0 Å². The maximum atomic E-state index is 5.69. The van der Waals surface area contributed by atoms with Crippen LogP contribution in [0.4, 0.5) is 11.5 Å². The normalized spacial score (nSPS) is 16.1. The van der Waals surface area contributed by atoms with Gasteiger partial charge in [0.25, 0.3) is 0 Å². The number of nitrogen functional groups attached to an aromatic ring is 1. The van der Waals surface area contributed by atoms with E-state index >= 15 is 0 Å². The molecule has 0 atom stereocenters. The van der Waals surface area contributed by atoms with Crippen molar-refractivity contribution < 1.29 is 0 Å². The first kappa shape index (κ1) is 9.06. The molecule has 14 heavy (non-hydrogen) atoms. The average Bonchev–Trinajstić information content (AvgIpc) is 2.64. The Bertz CT molecular complexity index is 350. The second-order valence-corrected chi connectivity index (χ2v) is 3.71. The molecule has 0 fully saturated rings. The number of rotatable bonds is 2. The monoisotopic (exact) mass is 189 g/mol. The van der Waals surface area contributed by atoms with Crippen molar-refractivity contribution in [1.29, 1.82) is 0 Å². The summed E-state index contributed by atoms with van der Waals surface area (Å²) in [4.78, 5) is 4.24. The zero-order valence-electron chi connectivity index (χ0n) is 8.33. The molecule has 74 valence electrons. The van der Waals surface area contributed by atoms with E-state index in [2.05, 4.69) is 22.5 Å². The molecule has 0 amide bonds. The van der Waals surface area contributed by atoms with E-state index in [0.29, 0.717) is 6.04 Å². The molecule has 1 heterocycles. The lowest BCUT2D eigenvalue weighted by molar-refractivity contribution is 0.781. The van der Waals surface area contributed by atoms with E-state index in [1.54, 1.807) is 6.20 Å². The maximum absolute atomic E-state index is 5.69. The molecule has 1 aromatic rings. The molecule has 1 aromatic heterocycles. The molecule has 3 nitrogen and oxygen atoms in total. The number of nitrogens with zero attached hydrogens (tertiary/aromatic N) is 1. The van der Waals surface area contributed by atoms with E-state index in [9.17, 15) is 0 Å². The SMILES string of the molecule is Cc1cc(NC2CC=CC2)ncc1N. The maximum Gasteiger partial charge on any atom is 0.126 e. The van der Waals surface area contributed by atoms with Gasteiger partial charge in [-0.15, -0.1) is 0 Å². The number of aryl methyl sites for hydroxylation is 1. The van der Waals surface area contributed by atoms with E-state index in [0.717, 1.165) is 29.9 Å². The average molecular weight is 189 g/mol. The van der Waals surface area contributed by atoms with Crippen LogP contribution in [0.25, 0.3) is 0 Å². The number of hydrogen-bond donors (Lipinski definition) is 2. The van der Waals surface area contributed by atoms with Gasteiger partial charge in [-0.1, -0.05) is 12.2 Å². The van der Waals surface area contributed by atoms with Crippen LogP contribution in [0.1, 0.15) is 18.4 Å². The number of hydrogen-bond acceptors (Lipinski definition) is 3. The number of nitrogens with two attached hydrogens (primary N) is 1. The van der Waals surface area contributed by atoms with Crippen LogP contribution in [0.15, 0.2) is 24.4 Å². The predicted octanol–water partition coefficient (Wildman–Crippen LogP) is 2.10. The van der Waals surface area contributed by atoms with Crippen molar-refractivity contribution in [2.24, 2.45) is 0 Å². The molecule has 0 bridgehead atoms. The molecular weight excluding hydrogens is 174 g/mol. The second kappa shape index (κ2) is 3.70. The van der Waals surface area contributed by atoms with E-state index in [1.807, 2.05) is 13.0 Å². The Balaban J connectivity index is 2.06. The first-order valence-corrected chi connectivity index (χ1v) is 4.89. The highest BCUT2D eigenvalue weighted by Gasteiger charge is 2.10. The minimum absolute atomic E-state index is 0.505. The molecular formula is C11H15N3. The largest absolute Gasteiger partial charge is 0.397 e. The van der Waals surface area contributed by atoms with Gasteiger partial charge in [0.2, 0.25) is 0 Å². The van der Waals surface area contributed by atoms with Crippen molar-refractivity contribution in [3.8, 4) is 0 Å². The molecule has 3 N–H and O–H groups in total. The smallest absolute Gasteiger partial charge is 0.126 e. The van der Waals surface area contributed by atoms with Crippen LogP contribution in [0.5, 0.6) is 0 Å². The Hall–Kier alpha value is -1.51. The number of nitrogens with one attached hydrogen (secondary N) is 1. The molecule has 0 saturated heterocycles. The lowest BCUT2D eigenvalue weighted by Gasteiger charge is -2.13. The summed E-state index contributed by atoms with van der Waals surface area (Å²) < 4.78 is 0. The first-order chi connectivity index (χ1) is 6.75. The topological polar surface area (TPSA) is 50.9 Å². The molecule has 0 aromatic carbocycles. The molecule has 0 unspecified atom stereocenters. The summed E-state index contributed by atoms with van der Waals surface area (Å²) in [5.41, 5.74) is 7.52. The van der Waals surface area contributed by atoms with Gasteiger partial charge in [0.05, 0.1) is 11.9 Å². The van der Waals surface area contributed by atoms with Crippen molar-refractivity contribution in [2.45, 2.75) is 25.8 Å². The van der Waals surface area contributed by atoms with E-state index in [1.165, 1.54) is 0 Å². The van der Waals surface area contributed by atoms with Gasteiger partial charge in [-0.05, 0) is 31.4 Å². The van der Waals surface area contributed by atoms with E-state index < -0.39 is 0 Å². The van der Waals surface area contributed by atoms with Crippen molar-refractivity contribution in [2.75, 3.05) is 11.1 Å². The summed E-state index contributed by atoms with van der Waals surface area (Å²) in [5.74, 6) is 0.922. The number of anilines is 2. The van der Waals surface area contributed by atoms with Crippen molar-refractivity contribution in [1.82, 2.24) is 4.98 Å². The molecule has 1 aliphatic carbocycles. The summed E-state index contributed by atoms with van der Waals surface area (Å²) in [5, 5.41) is 3.38. The third-order valence-corrected chi connectivity index (χ3v) is 2.51. The third kappa shape index (κ3) is 1.87. The number of pyridine rings is 1. The minimum Gasteiger partial charge on any atom is -0.397 e. The fourth-order valence-electron chi connectivity index (χ4n) is 1.59. The predicted molar refractivity (Wildman–Crippen MR) is 59.2 cm³/mol. The van der Waals surface area contributed by atoms with Crippen LogP contribution in [0, 0.1) is 6.92 Å². The second-order valence-electron chi connectivity index (χ2n) is 3.71. The lowest BCUT2D eigenvalue weighted by Crippen LogP contribution is -2.16. The summed E-state index contributed by atoms with van der Waals surface area (Å²) in [6.07, 6.45) is 8.28. The fourth-order valence-corrected chi connectivity index (χ4v) is 1.59. The molecule has 0 aliphatic heterocycles. The van der Waals surface area contributed by atoms with Gasteiger partial charge in [-0.25, -0.2) is 4.98 Å². The van der Waals surface area contributed by atoms with Gasteiger partial charge in [-0.3, -0.25) is 0 Å². The Morgan fingerprint density at radius 1 is 1.43 bits per heavy atom. The summed E-state index contributed by atoms with van der Waals surface area (Å²) >= 11 is 0. The Kier molecular flexibility index (Phi) is 2.39. The molecule has 1 aliphatic rings. The lowest BCUT2D eigenvalue weighted by atomic mass is 10.2. The quantitative estimate of drug-likeness (QED) is 0.700.